The van der Waals surface area contributed by atoms with Crippen LogP contribution in [0.4, 0.5) is 0 Å². The highest BCUT2D eigenvalue weighted by molar-refractivity contribution is 5.97. The first-order valence-corrected chi connectivity index (χ1v) is 5.79. The average molecular weight is 231 g/mol. The van der Waals surface area contributed by atoms with E-state index in [0.717, 1.165) is 22.9 Å². The van der Waals surface area contributed by atoms with E-state index < -0.39 is 5.97 Å². The van der Waals surface area contributed by atoms with Gasteiger partial charge < -0.3 is 9.67 Å². The van der Waals surface area contributed by atoms with Crippen LogP contribution in [0.2, 0.25) is 0 Å². The molecule has 0 fully saturated rings. The number of aryl methyl sites for hydroxylation is 3. The molecule has 0 spiro atoms. The van der Waals surface area contributed by atoms with Gasteiger partial charge in [0, 0.05) is 18.1 Å². The van der Waals surface area contributed by atoms with E-state index in [1.165, 1.54) is 11.3 Å². The number of carbonyl (C=O) groups is 1. The summed E-state index contributed by atoms with van der Waals surface area (Å²) in [5, 5.41) is 10.2. The maximum absolute atomic E-state index is 11.1. The van der Waals surface area contributed by atoms with Crippen LogP contribution in [0.25, 0.3) is 10.9 Å². The highest BCUT2D eigenvalue weighted by Crippen LogP contribution is 2.28. The van der Waals surface area contributed by atoms with Crippen molar-refractivity contribution in [2.75, 3.05) is 0 Å². The van der Waals surface area contributed by atoms with E-state index in [1.54, 1.807) is 12.1 Å². The third-order valence-corrected chi connectivity index (χ3v) is 3.60. The van der Waals surface area contributed by atoms with E-state index in [4.69, 9.17) is 5.11 Å². The summed E-state index contributed by atoms with van der Waals surface area (Å²) in [6.07, 6.45) is 0.842. The summed E-state index contributed by atoms with van der Waals surface area (Å²) in [5.41, 5.74) is 4.99. The molecule has 3 nitrogen and oxygen atoms in total. The van der Waals surface area contributed by atoms with E-state index in [-0.39, 0.29) is 0 Å². The van der Waals surface area contributed by atoms with Crippen LogP contribution in [0.1, 0.15) is 34.1 Å². The zero-order chi connectivity index (χ0) is 12.7. The number of aromatic nitrogens is 1. The third kappa shape index (κ3) is 1.62. The Kier molecular flexibility index (Phi) is 2.69. The minimum absolute atomic E-state index is 0.378. The summed E-state index contributed by atoms with van der Waals surface area (Å²) in [5.74, 6) is -0.859. The summed E-state index contributed by atoms with van der Waals surface area (Å²) in [7, 11) is 2.03. The summed E-state index contributed by atoms with van der Waals surface area (Å²) in [4.78, 5) is 11.1. The molecule has 1 heterocycles. The molecule has 0 saturated heterocycles. The molecule has 0 radical (unpaired) electrons. The highest BCUT2D eigenvalue weighted by Gasteiger charge is 2.15. The van der Waals surface area contributed by atoms with Crippen molar-refractivity contribution in [3.8, 4) is 0 Å². The van der Waals surface area contributed by atoms with Crippen molar-refractivity contribution in [2.24, 2.45) is 7.05 Å². The van der Waals surface area contributed by atoms with Crippen molar-refractivity contribution >= 4 is 16.9 Å². The maximum atomic E-state index is 11.1. The number of fused-ring (bicyclic) bond motifs is 1. The fraction of sp³-hybridized carbons (Fsp3) is 0.357. The lowest BCUT2D eigenvalue weighted by Gasteiger charge is -2.06. The second kappa shape index (κ2) is 3.91. The van der Waals surface area contributed by atoms with Crippen molar-refractivity contribution in [2.45, 2.75) is 27.2 Å². The molecule has 0 atom stereocenters. The molecule has 0 aliphatic heterocycles. The summed E-state index contributed by atoms with van der Waals surface area (Å²) in [6, 6.07) is 3.56. The smallest absolute Gasteiger partial charge is 0.335 e. The van der Waals surface area contributed by atoms with Crippen LogP contribution in [0.3, 0.4) is 0 Å². The standard InChI is InChI=1S/C14H17NO2/c1-5-10-6-11(14(16)17)7-12-8(2)9(3)15(4)13(10)12/h6-7H,5H2,1-4H3,(H,16,17). The van der Waals surface area contributed by atoms with Crippen LogP contribution < -0.4 is 0 Å². The van der Waals surface area contributed by atoms with Gasteiger partial charge in [0.05, 0.1) is 11.1 Å². The van der Waals surface area contributed by atoms with Crippen molar-refractivity contribution < 1.29 is 9.90 Å². The van der Waals surface area contributed by atoms with Gasteiger partial charge in [-0.15, -0.1) is 0 Å². The van der Waals surface area contributed by atoms with E-state index >= 15 is 0 Å². The zero-order valence-electron chi connectivity index (χ0n) is 10.7. The van der Waals surface area contributed by atoms with Gasteiger partial charge >= 0.3 is 5.97 Å². The number of hydrogen-bond acceptors (Lipinski definition) is 1. The largest absolute Gasteiger partial charge is 0.478 e. The molecule has 2 aromatic rings. The fourth-order valence-corrected chi connectivity index (χ4v) is 2.38. The predicted octanol–water partition coefficient (Wildman–Crippen LogP) is 3.06. The normalized spacial score (nSPS) is 11.1. The van der Waals surface area contributed by atoms with Crippen LogP contribution in [0.5, 0.6) is 0 Å². The molecule has 0 saturated carbocycles. The number of carboxylic acid groups (broad SMARTS) is 1. The Bertz CT molecular complexity index is 608. The maximum Gasteiger partial charge on any atom is 0.335 e. The van der Waals surface area contributed by atoms with Gasteiger partial charge in [-0.3, -0.25) is 0 Å². The lowest BCUT2D eigenvalue weighted by Crippen LogP contribution is -2.00. The van der Waals surface area contributed by atoms with Gasteiger partial charge in [0.2, 0.25) is 0 Å². The molecule has 3 heteroatoms. The molecule has 1 aromatic carbocycles. The molecule has 1 N–H and O–H groups in total. The van der Waals surface area contributed by atoms with Gasteiger partial charge in [-0.25, -0.2) is 4.79 Å². The molecule has 0 aliphatic rings. The van der Waals surface area contributed by atoms with Crippen LogP contribution in [-0.4, -0.2) is 15.6 Å². The minimum atomic E-state index is -0.859. The lowest BCUT2D eigenvalue weighted by molar-refractivity contribution is 0.0697. The van der Waals surface area contributed by atoms with Crippen LogP contribution >= 0.6 is 0 Å². The molecular weight excluding hydrogens is 214 g/mol. The Balaban J connectivity index is 2.92. The van der Waals surface area contributed by atoms with E-state index in [0.29, 0.717) is 5.56 Å². The molecule has 0 aliphatic carbocycles. The van der Waals surface area contributed by atoms with E-state index in [2.05, 4.69) is 18.4 Å². The Morgan fingerprint density at radius 2 is 2.00 bits per heavy atom. The quantitative estimate of drug-likeness (QED) is 0.863. The molecule has 0 amide bonds. The monoisotopic (exact) mass is 231 g/mol. The Labute approximate surface area is 101 Å². The average Bonchev–Trinajstić information content (AvgIpc) is 2.53. The summed E-state index contributed by atoms with van der Waals surface area (Å²) >= 11 is 0. The second-order valence-corrected chi connectivity index (χ2v) is 4.46. The first-order chi connectivity index (χ1) is 7.97. The van der Waals surface area contributed by atoms with Crippen molar-refractivity contribution in [3.63, 3.8) is 0 Å². The molecule has 0 unspecified atom stereocenters. The van der Waals surface area contributed by atoms with Gasteiger partial charge in [0.15, 0.2) is 0 Å². The van der Waals surface area contributed by atoms with Crippen molar-refractivity contribution in [1.29, 1.82) is 0 Å². The van der Waals surface area contributed by atoms with E-state index in [9.17, 15) is 4.79 Å². The topological polar surface area (TPSA) is 42.2 Å². The number of carboxylic acids is 1. The fourth-order valence-electron chi connectivity index (χ4n) is 2.38. The first-order valence-electron chi connectivity index (χ1n) is 5.79. The Hall–Kier alpha value is -1.77. The molecule has 90 valence electrons. The highest BCUT2D eigenvalue weighted by atomic mass is 16.4. The Morgan fingerprint density at radius 1 is 1.35 bits per heavy atom. The molecular formula is C14H17NO2. The first kappa shape index (κ1) is 11.7. The molecule has 17 heavy (non-hydrogen) atoms. The van der Waals surface area contributed by atoms with Gasteiger partial charge in [0.1, 0.15) is 0 Å². The van der Waals surface area contributed by atoms with Crippen LogP contribution in [0.15, 0.2) is 12.1 Å². The van der Waals surface area contributed by atoms with Gasteiger partial charge in [-0.05, 0) is 43.5 Å². The molecule has 0 bridgehead atoms. The van der Waals surface area contributed by atoms with Crippen molar-refractivity contribution in [1.82, 2.24) is 4.57 Å². The van der Waals surface area contributed by atoms with Crippen LogP contribution in [-0.2, 0) is 13.5 Å². The summed E-state index contributed by atoms with van der Waals surface area (Å²) in [6.45, 7) is 6.16. The number of hydrogen-bond donors (Lipinski definition) is 1. The number of nitrogens with zero attached hydrogens (tertiary/aromatic N) is 1. The molecule has 2 rings (SSSR count). The predicted molar refractivity (Wildman–Crippen MR) is 68.7 cm³/mol. The zero-order valence-corrected chi connectivity index (χ0v) is 10.7. The van der Waals surface area contributed by atoms with Crippen LogP contribution in [0, 0.1) is 13.8 Å². The number of benzene rings is 1. The molecule has 1 aromatic heterocycles. The van der Waals surface area contributed by atoms with Crippen molar-refractivity contribution in [3.05, 3.63) is 34.5 Å². The lowest BCUT2D eigenvalue weighted by atomic mass is 10.0. The SMILES string of the molecule is CCc1cc(C(=O)O)cc2c(C)c(C)n(C)c12. The number of rotatable bonds is 2. The number of aromatic carboxylic acids is 1. The summed E-state index contributed by atoms with van der Waals surface area (Å²) < 4.78 is 2.15. The minimum Gasteiger partial charge on any atom is -0.478 e. The van der Waals surface area contributed by atoms with Gasteiger partial charge in [-0.1, -0.05) is 6.92 Å². The Morgan fingerprint density at radius 3 is 2.53 bits per heavy atom. The van der Waals surface area contributed by atoms with Gasteiger partial charge in [-0.2, -0.15) is 0 Å². The van der Waals surface area contributed by atoms with Gasteiger partial charge in [0.25, 0.3) is 0 Å². The third-order valence-electron chi connectivity index (χ3n) is 3.60. The van der Waals surface area contributed by atoms with E-state index in [1.807, 2.05) is 14.0 Å². The second-order valence-electron chi connectivity index (χ2n) is 4.46.